The van der Waals surface area contributed by atoms with Crippen LogP contribution in [0.1, 0.15) is 56.7 Å². The fraction of sp³-hybridized carbons (Fsp3) is 0.364. The lowest BCUT2D eigenvalue weighted by Crippen LogP contribution is -2.28. The molecule has 0 spiro atoms. The number of carbonyl (C=O) groups is 2. The molecule has 0 radical (unpaired) electrons. The van der Waals surface area contributed by atoms with Gasteiger partial charge in [-0.05, 0) is 50.8 Å². The minimum absolute atomic E-state index is 0.115. The highest BCUT2D eigenvalue weighted by atomic mass is 16.5. The summed E-state index contributed by atoms with van der Waals surface area (Å²) < 4.78 is 5.58. The molecule has 1 saturated heterocycles. The van der Waals surface area contributed by atoms with Crippen LogP contribution in [0.25, 0.3) is 0 Å². The summed E-state index contributed by atoms with van der Waals surface area (Å²) in [5.74, 6) is -0.326. The SMILES string of the molecule is Cc1ccc(C)c(C(=O)c2ccccc2C(=O)NCCC2CCCO2)c1. The summed E-state index contributed by atoms with van der Waals surface area (Å²) in [6, 6.07) is 12.8. The van der Waals surface area contributed by atoms with Gasteiger partial charge >= 0.3 is 0 Å². The monoisotopic (exact) mass is 351 g/mol. The Balaban J connectivity index is 1.75. The van der Waals surface area contributed by atoms with Crippen LogP contribution in [-0.4, -0.2) is 30.9 Å². The van der Waals surface area contributed by atoms with Crippen LogP contribution in [0, 0.1) is 13.8 Å². The molecule has 136 valence electrons. The van der Waals surface area contributed by atoms with Gasteiger partial charge in [0.25, 0.3) is 5.91 Å². The zero-order valence-electron chi connectivity index (χ0n) is 15.4. The smallest absolute Gasteiger partial charge is 0.252 e. The van der Waals surface area contributed by atoms with Crippen LogP contribution in [0.15, 0.2) is 42.5 Å². The predicted octanol–water partition coefficient (Wildman–Crippen LogP) is 3.83. The summed E-state index contributed by atoms with van der Waals surface area (Å²) in [6.45, 7) is 5.23. The first kappa shape index (κ1) is 18.3. The van der Waals surface area contributed by atoms with Crippen LogP contribution in [0.5, 0.6) is 0 Å². The molecule has 4 nitrogen and oxygen atoms in total. The summed E-state index contributed by atoms with van der Waals surface area (Å²) in [6.07, 6.45) is 3.18. The third-order valence-corrected chi connectivity index (χ3v) is 4.83. The number of hydrogen-bond acceptors (Lipinski definition) is 3. The normalized spacial score (nSPS) is 16.5. The van der Waals surface area contributed by atoms with Crippen molar-refractivity contribution in [2.45, 2.75) is 39.2 Å². The molecule has 0 bridgehead atoms. The Morgan fingerprint density at radius 1 is 1.08 bits per heavy atom. The van der Waals surface area contributed by atoms with Gasteiger partial charge in [-0.15, -0.1) is 0 Å². The van der Waals surface area contributed by atoms with Crippen molar-refractivity contribution in [3.05, 3.63) is 70.3 Å². The van der Waals surface area contributed by atoms with E-state index in [9.17, 15) is 9.59 Å². The number of aryl methyl sites for hydroxylation is 2. The van der Waals surface area contributed by atoms with Gasteiger partial charge in [0.15, 0.2) is 5.78 Å². The van der Waals surface area contributed by atoms with E-state index in [4.69, 9.17) is 4.74 Å². The number of ether oxygens (including phenoxy) is 1. The standard InChI is InChI=1S/C22H25NO3/c1-15-9-10-16(2)20(14-15)21(24)18-7-3-4-8-19(18)22(25)23-12-11-17-6-5-13-26-17/h3-4,7-10,14,17H,5-6,11-13H2,1-2H3,(H,23,25). The Labute approximate surface area is 154 Å². The Morgan fingerprint density at radius 2 is 1.85 bits per heavy atom. The Hall–Kier alpha value is -2.46. The number of carbonyl (C=O) groups excluding carboxylic acids is 2. The van der Waals surface area contributed by atoms with E-state index in [1.807, 2.05) is 32.0 Å². The minimum Gasteiger partial charge on any atom is -0.378 e. The lowest BCUT2D eigenvalue weighted by molar-refractivity contribution is 0.0900. The summed E-state index contributed by atoms with van der Waals surface area (Å²) in [5, 5.41) is 2.93. The maximum Gasteiger partial charge on any atom is 0.252 e. The van der Waals surface area contributed by atoms with Crippen LogP contribution >= 0.6 is 0 Å². The highest BCUT2D eigenvalue weighted by Gasteiger charge is 2.20. The van der Waals surface area contributed by atoms with Crippen LogP contribution in [0.3, 0.4) is 0 Å². The predicted molar refractivity (Wildman–Crippen MR) is 102 cm³/mol. The van der Waals surface area contributed by atoms with Crippen LogP contribution in [0.2, 0.25) is 0 Å². The van der Waals surface area contributed by atoms with Gasteiger partial charge in [-0.2, -0.15) is 0 Å². The molecular weight excluding hydrogens is 326 g/mol. The van der Waals surface area contributed by atoms with Gasteiger partial charge in [-0.1, -0.05) is 35.9 Å². The minimum atomic E-state index is -0.211. The number of hydrogen-bond donors (Lipinski definition) is 1. The highest BCUT2D eigenvalue weighted by Crippen LogP contribution is 2.19. The number of amides is 1. The van der Waals surface area contributed by atoms with Crippen molar-refractivity contribution >= 4 is 11.7 Å². The second-order valence-corrected chi connectivity index (χ2v) is 6.87. The van der Waals surface area contributed by atoms with Gasteiger partial charge in [0.1, 0.15) is 0 Å². The van der Waals surface area contributed by atoms with Crippen molar-refractivity contribution in [2.75, 3.05) is 13.2 Å². The average Bonchev–Trinajstić information content (AvgIpc) is 3.16. The summed E-state index contributed by atoms with van der Waals surface area (Å²) in [5.41, 5.74) is 3.44. The molecule has 3 rings (SSSR count). The van der Waals surface area contributed by atoms with Gasteiger partial charge in [-0.25, -0.2) is 0 Å². The van der Waals surface area contributed by atoms with Crippen molar-refractivity contribution in [3.63, 3.8) is 0 Å². The number of ketones is 1. The van der Waals surface area contributed by atoms with Crippen LogP contribution < -0.4 is 5.32 Å². The Kier molecular flexibility index (Phi) is 5.84. The van der Waals surface area contributed by atoms with Crippen molar-refractivity contribution in [1.82, 2.24) is 5.32 Å². The molecule has 2 aromatic carbocycles. The fourth-order valence-electron chi connectivity index (χ4n) is 3.32. The molecule has 0 saturated carbocycles. The lowest BCUT2D eigenvalue weighted by atomic mass is 9.94. The molecular formula is C22H25NO3. The fourth-order valence-corrected chi connectivity index (χ4v) is 3.32. The third kappa shape index (κ3) is 4.20. The molecule has 0 aliphatic carbocycles. The number of nitrogens with one attached hydrogen (secondary N) is 1. The molecule has 1 aliphatic rings. The molecule has 1 amide bonds. The van der Waals surface area contributed by atoms with Crippen molar-refractivity contribution in [1.29, 1.82) is 0 Å². The zero-order chi connectivity index (χ0) is 18.5. The lowest BCUT2D eigenvalue weighted by Gasteiger charge is -2.13. The number of benzene rings is 2. The van der Waals surface area contributed by atoms with E-state index < -0.39 is 0 Å². The molecule has 1 fully saturated rings. The van der Waals surface area contributed by atoms with Gasteiger partial charge in [0, 0.05) is 24.3 Å². The van der Waals surface area contributed by atoms with E-state index in [0.717, 1.165) is 37.0 Å². The molecule has 2 aromatic rings. The molecule has 1 aliphatic heterocycles. The average molecular weight is 351 g/mol. The third-order valence-electron chi connectivity index (χ3n) is 4.83. The maximum atomic E-state index is 13.0. The molecule has 0 aromatic heterocycles. The van der Waals surface area contributed by atoms with E-state index >= 15 is 0 Å². The van der Waals surface area contributed by atoms with Gasteiger partial charge in [-0.3, -0.25) is 9.59 Å². The maximum absolute atomic E-state index is 13.0. The quantitative estimate of drug-likeness (QED) is 0.805. The highest BCUT2D eigenvalue weighted by molar-refractivity contribution is 6.15. The van der Waals surface area contributed by atoms with E-state index in [0.29, 0.717) is 23.2 Å². The van der Waals surface area contributed by atoms with E-state index in [-0.39, 0.29) is 17.8 Å². The van der Waals surface area contributed by atoms with Gasteiger partial charge in [0.2, 0.25) is 0 Å². The molecule has 4 heteroatoms. The topological polar surface area (TPSA) is 55.4 Å². The summed E-state index contributed by atoms with van der Waals surface area (Å²) in [4.78, 5) is 25.7. The summed E-state index contributed by atoms with van der Waals surface area (Å²) >= 11 is 0. The van der Waals surface area contributed by atoms with Crippen molar-refractivity contribution in [2.24, 2.45) is 0 Å². The zero-order valence-corrected chi connectivity index (χ0v) is 15.4. The van der Waals surface area contributed by atoms with Crippen LogP contribution in [0.4, 0.5) is 0 Å². The van der Waals surface area contributed by atoms with Gasteiger partial charge in [0.05, 0.1) is 11.7 Å². The first-order valence-electron chi connectivity index (χ1n) is 9.17. The molecule has 1 unspecified atom stereocenters. The molecule has 26 heavy (non-hydrogen) atoms. The van der Waals surface area contributed by atoms with Gasteiger partial charge < -0.3 is 10.1 Å². The first-order valence-corrected chi connectivity index (χ1v) is 9.17. The van der Waals surface area contributed by atoms with Crippen LogP contribution in [-0.2, 0) is 4.74 Å². The second kappa shape index (κ2) is 8.28. The Bertz CT molecular complexity index is 807. The second-order valence-electron chi connectivity index (χ2n) is 6.87. The first-order chi connectivity index (χ1) is 12.6. The largest absolute Gasteiger partial charge is 0.378 e. The molecule has 1 N–H and O–H groups in total. The molecule has 1 atom stereocenters. The van der Waals surface area contributed by atoms with E-state index in [1.54, 1.807) is 24.3 Å². The van der Waals surface area contributed by atoms with Crippen molar-refractivity contribution in [3.8, 4) is 0 Å². The van der Waals surface area contributed by atoms with E-state index in [2.05, 4.69) is 5.32 Å². The van der Waals surface area contributed by atoms with Crippen molar-refractivity contribution < 1.29 is 14.3 Å². The summed E-state index contributed by atoms with van der Waals surface area (Å²) in [7, 11) is 0. The number of rotatable bonds is 6. The molecule has 1 heterocycles. The van der Waals surface area contributed by atoms with E-state index in [1.165, 1.54) is 0 Å². The Morgan fingerprint density at radius 3 is 2.58 bits per heavy atom.